The van der Waals surface area contributed by atoms with Crippen molar-refractivity contribution in [2.75, 3.05) is 26.9 Å². The molecule has 25 heavy (non-hydrogen) atoms. The molecule has 0 spiro atoms. The summed E-state index contributed by atoms with van der Waals surface area (Å²) in [5.74, 6) is 0.643. The minimum Gasteiger partial charge on any atom is -0.494 e. The number of ether oxygens (including phenoxy) is 4. The Morgan fingerprint density at radius 2 is 1.96 bits per heavy atom. The molecular weight excluding hydrogens is 320 g/mol. The van der Waals surface area contributed by atoms with E-state index in [-0.39, 0.29) is 12.3 Å². The number of esters is 1. The lowest BCUT2D eigenvalue weighted by Gasteiger charge is -2.22. The molecule has 1 saturated heterocycles. The molecule has 0 bridgehead atoms. The van der Waals surface area contributed by atoms with Gasteiger partial charge in [-0.3, -0.25) is 4.79 Å². The first-order valence-electron chi connectivity index (χ1n) is 9.29. The summed E-state index contributed by atoms with van der Waals surface area (Å²) in [6.07, 6.45) is 7.66. The highest BCUT2D eigenvalue weighted by atomic mass is 16.7. The number of aryl methyl sites for hydroxylation is 1. The molecule has 1 aliphatic rings. The van der Waals surface area contributed by atoms with E-state index in [0.717, 1.165) is 51.1 Å². The molecule has 140 valence electrons. The Balaban J connectivity index is 1.53. The van der Waals surface area contributed by atoms with E-state index in [0.29, 0.717) is 19.4 Å². The maximum Gasteiger partial charge on any atom is 0.305 e. The third-order valence-electron chi connectivity index (χ3n) is 4.25. The van der Waals surface area contributed by atoms with E-state index in [2.05, 4.69) is 16.9 Å². The first-order chi connectivity index (χ1) is 12.3. The van der Waals surface area contributed by atoms with Gasteiger partial charge < -0.3 is 18.9 Å². The van der Waals surface area contributed by atoms with E-state index in [4.69, 9.17) is 14.2 Å². The molecular formula is C20H30O5. The van der Waals surface area contributed by atoms with Gasteiger partial charge in [-0.2, -0.15) is 0 Å². The summed E-state index contributed by atoms with van der Waals surface area (Å²) < 4.78 is 21.5. The quantitative estimate of drug-likeness (QED) is 0.448. The van der Waals surface area contributed by atoms with Gasteiger partial charge in [0.2, 0.25) is 0 Å². The summed E-state index contributed by atoms with van der Waals surface area (Å²) in [5, 5.41) is 0. The van der Waals surface area contributed by atoms with Gasteiger partial charge in [0.15, 0.2) is 6.29 Å². The molecule has 0 saturated carbocycles. The van der Waals surface area contributed by atoms with Crippen LogP contribution in [0.4, 0.5) is 0 Å². The zero-order chi connectivity index (χ0) is 17.7. The fraction of sp³-hybridized carbons (Fsp3) is 0.650. The highest BCUT2D eigenvalue weighted by Crippen LogP contribution is 2.16. The minimum absolute atomic E-state index is 0.0179. The van der Waals surface area contributed by atoms with Crippen molar-refractivity contribution in [2.24, 2.45) is 0 Å². The first-order valence-corrected chi connectivity index (χ1v) is 9.29. The molecule has 1 aromatic rings. The Labute approximate surface area is 150 Å². The number of rotatable bonds is 11. The number of unbranched alkanes of at least 4 members (excludes halogenated alkanes) is 1. The van der Waals surface area contributed by atoms with E-state index in [1.807, 2.05) is 12.1 Å². The van der Waals surface area contributed by atoms with Gasteiger partial charge in [-0.05, 0) is 62.6 Å². The van der Waals surface area contributed by atoms with Crippen LogP contribution in [0.25, 0.3) is 0 Å². The van der Waals surface area contributed by atoms with E-state index in [1.165, 1.54) is 19.1 Å². The number of methoxy groups -OCH3 is 1. The molecule has 0 N–H and O–H groups in total. The maximum absolute atomic E-state index is 11.0. The van der Waals surface area contributed by atoms with Gasteiger partial charge in [-0.15, -0.1) is 0 Å². The largest absolute Gasteiger partial charge is 0.494 e. The second-order valence-electron chi connectivity index (χ2n) is 6.30. The zero-order valence-electron chi connectivity index (χ0n) is 15.2. The molecule has 0 radical (unpaired) electrons. The van der Waals surface area contributed by atoms with Crippen molar-refractivity contribution in [3.8, 4) is 5.75 Å². The van der Waals surface area contributed by atoms with E-state index in [1.54, 1.807) is 0 Å². The Kier molecular flexibility index (Phi) is 9.37. The number of carbonyl (C=O) groups excluding carboxylic acids is 1. The molecule has 1 atom stereocenters. The third kappa shape index (κ3) is 8.36. The second kappa shape index (κ2) is 11.9. The lowest BCUT2D eigenvalue weighted by Crippen LogP contribution is -2.22. The number of carbonyl (C=O) groups is 1. The Morgan fingerprint density at radius 1 is 1.12 bits per heavy atom. The van der Waals surface area contributed by atoms with Crippen LogP contribution in [0.3, 0.4) is 0 Å². The smallest absolute Gasteiger partial charge is 0.305 e. The van der Waals surface area contributed by atoms with Crippen LogP contribution in [-0.4, -0.2) is 39.2 Å². The average molecular weight is 350 g/mol. The van der Waals surface area contributed by atoms with Gasteiger partial charge in [-0.25, -0.2) is 0 Å². The maximum atomic E-state index is 11.0. The van der Waals surface area contributed by atoms with Crippen molar-refractivity contribution in [3.63, 3.8) is 0 Å². The van der Waals surface area contributed by atoms with Gasteiger partial charge >= 0.3 is 5.97 Å². The van der Waals surface area contributed by atoms with Crippen LogP contribution in [0.5, 0.6) is 5.75 Å². The molecule has 0 amide bonds. The van der Waals surface area contributed by atoms with Crippen molar-refractivity contribution in [1.82, 2.24) is 0 Å². The monoisotopic (exact) mass is 350 g/mol. The molecule has 1 unspecified atom stereocenters. The first kappa shape index (κ1) is 19.7. The second-order valence-corrected chi connectivity index (χ2v) is 6.30. The van der Waals surface area contributed by atoms with E-state index >= 15 is 0 Å². The van der Waals surface area contributed by atoms with Gasteiger partial charge in [0.1, 0.15) is 5.75 Å². The lowest BCUT2D eigenvalue weighted by molar-refractivity contribution is -0.162. The van der Waals surface area contributed by atoms with Crippen LogP contribution in [0.15, 0.2) is 24.3 Å². The Morgan fingerprint density at radius 3 is 2.68 bits per heavy atom. The Bertz CT molecular complexity index is 479. The van der Waals surface area contributed by atoms with Crippen molar-refractivity contribution >= 4 is 5.97 Å². The summed E-state index contributed by atoms with van der Waals surface area (Å²) in [6.45, 7) is 2.13. The SMILES string of the molecule is COC(=O)CCCOc1ccc(CCCCOC2CCCCO2)cc1. The molecule has 1 aliphatic heterocycles. The Hall–Kier alpha value is -1.59. The molecule has 1 heterocycles. The number of hydrogen-bond acceptors (Lipinski definition) is 5. The number of benzene rings is 1. The molecule has 2 rings (SSSR count). The van der Waals surface area contributed by atoms with E-state index < -0.39 is 0 Å². The molecule has 1 fully saturated rings. The summed E-state index contributed by atoms with van der Waals surface area (Å²) in [5.41, 5.74) is 1.30. The predicted molar refractivity (Wildman–Crippen MR) is 95.7 cm³/mol. The van der Waals surface area contributed by atoms with Crippen LogP contribution in [0.1, 0.15) is 50.5 Å². The standard InChI is InChI=1S/C20H30O5/c1-22-19(21)8-6-16-23-18-12-10-17(11-13-18)7-2-4-14-24-20-9-3-5-15-25-20/h10-13,20H,2-9,14-16H2,1H3. The van der Waals surface area contributed by atoms with E-state index in [9.17, 15) is 4.79 Å². The van der Waals surface area contributed by atoms with Crippen molar-refractivity contribution < 1.29 is 23.7 Å². The van der Waals surface area contributed by atoms with Gasteiger partial charge in [-0.1, -0.05) is 12.1 Å². The van der Waals surface area contributed by atoms with Crippen LogP contribution in [0, 0.1) is 0 Å². The summed E-state index contributed by atoms with van der Waals surface area (Å²) >= 11 is 0. The number of hydrogen-bond donors (Lipinski definition) is 0. The minimum atomic E-state index is -0.196. The molecule has 1 aromatic carbocycles. The van der Waals surface area contributed by atoms with Crippen LogP contribution in [-0.2, 0) is 25.4 Å². The fourth-order valence-electron chi connectivity index (χ4n) is 2.75. The molecule has 5 nitrogen and oxygen atoms in total. The third-order valence-corrected chi connectivity index (χ3v) is 4.25. The molecule has 0 aromatic heterocycles. The summed E-state index contributed by atoms with van der Waals surface area (Å²) in [7, 11) is 1.40. The summed E-state index contributed by atoms with van der Waals surface area (Å²) in [6, 6.07) is 8.17. The summed E-state index contributed by atoms with van der Waals surface area (Å²) in [4.78, 5) is 11.0. The van der Waals surface area contributed by atoms with Crippen LogP contribution >= 0.6 is 0 Å². The van der Waals surface area contributed by atoms with Gasteiger partial charge in [0.05, 0.1) is 13.7 Å². The highest BCUT2D eigenvalue weighted by Gasteiger charge is 2.13. The van der Waals surface area contributed by atoms with Crippen molar-refractivity contribution in [3.05, 3.63) is 29.8 Å². The van der Waals surface area contributed by atoms with Gasteiger partial charge in [0, 0.05) is 19.6 Å². The normalized spacial score (nSPS) is 17.2. The van der Waals surface area contributed by atoms with Crippen molar-refractivity contribution in [1.29, 1.82) is 0 Å². The van der Waals surface area contributed by atoms with Gasteiger partial charge in [0.25, 0.3) is 0 Å². The van der Waals surface area contributed by atoms with Crippen LogP contribution < -0.4 is 4.74 Å². The molecule has 5 heteroatoms. The molecule has 0 aliphatic carbocycles. The lowest BCUT2D eigenvalue weighted by atomic mass is 10.1. The van der Waals surface area contributed by atoms with Crippen molar-refractivity contribution in [2.45, 2.75) is 57.7 Å². The topological polar surface area (TPSA) is 54.0 Å². The average Bonchev–Trinajstić information content (AvgIpc) is 2.66. The fourth-order valence-corrected chi connectivity index (χ4v) is 2.75. The van der Waals surface area contributed by atoms with Crippen LogP contribution in [0.2, 0.25) is 0 Å². The predicted octanol–water partition coefficient (Wildman–Crippen LogP) is 3.88. The highest BCUT2D eigenvalue weighted by molar-refractivity contribution is 5.69. The zero-order valence-corrected chi connectivity index (χ0v) is 15.2.